The third-order valence-electron chi connectivity index (χ3n) is 4.04. The van der Waals surface area contributed by atoms with E-state index in [9.17, 15) is 9.59 Å². The fourth-order valence-corrected chi connectivity index (χ4v) is 2.76. The van der Waals surface area contributed by atoms with Crippen LogP contribution < -0.4 is 11.1 Å². The average Bonchev–Trinajstić information content (AvgIpc) is 3.08. The van der Waals surface area contributed by atoms with Crippen LogP contribution in [0.2, 0.25) is 0 Å². The second kappa shape index (κ2) is 11.0. The molecule has 0 aliphatic carbocycles. The van der Waals surface area contributed by atoms with Gasteiger partial charge in [-0.2, -0.15) is 0 Å². The lowest BCUT2D eigenvalue weighted by Gasteiger charge is -2.33. The molecule has 9 heteroatoms. The number of guanidine groups is 1. The molecule has 1 fully saturated rings. The van der Waals surface area contributed by atoms with E-state index >= 15 is 0 Å². The summed E-state index contributed by atoms with van der Waals surface area (Å²) in [6, 6.07) is 3.24. The van der Waals surface area contributed by atoms with Gasteiger partial charge in [-0.1, -0.05) is 0 Å². The van der Waals surface area contributed by atoms with Gasteiger partial charge in [-0.25, -0.2) is 4.99 Å². The number of hydrogen-bond acceptors (Lipinski definition) is 5. The molecule has 2 rings (SSSR count). The van der Waals surface area contributed by atoms with Crippen molar-refractivity contribution in [3.63, 3.8) is 0 Å². The number of amides is 1. The van der Waals surface area contributed by atoms with Crippen molar-refractivity contribution >= 4 is 41.8 Å². The number of halogens is 1. The Balaban J connectivity index is 0.00000338. The van der Waals surface area contributed by atoms with Gasteiger partial charge in [0.1, 0.15) is 12.3 Å². The van der Waals surface area contributed by atoms with E-state index in [0.29, 0.717) is 18.9 Å². The lowest BCUT2D eigenvalue weighted by atomic mass is 9.97. The Morgan fingerprint density at radius 3 is 2.58 bits per heavy atom. The SMILES string of the molecule is CCNC(=NCc1ccc(C(N)=O)o1)N1CCC(C(=O)OCC)CC1.I. The Hall–Kier alpha value is -1.78. The van der Waals surface area contributed by atoms with Crippen LogP contribution in [-0.4, -0.2) is 49.0 Å². The molecule has 146 valence electrons. The highest BCUT2D eigenvalue weighted by Gasteiger charge is 2.27. The van der Waals surface area contributed by atoms with E-state index in [2.05, 4.69) is 15.2 Å². The van der Waals surface area contributed by atoms with Crippen molar-refractivity contribution in [2.24, 2.45) is 16.6 Å². The molecule has 1 amide bonds. The van der Waals surface area contributed by atoms with Crippen LogP contribution in [0, 0.1) is 5.92 Å². The molecule has 1 aromatic heterocycles. The topological polar surface area (TPSA) is 110 Å². The molecule has 0 spiro atoms. The van der Waals surface area contributed by atoms with Crippen LogP contribution >= 0.6 is 24.0 Å². The molecule has 3 N–H and O–H groups in total. The number of nitrogens with zero attached hydrogens (tertiary/aromatic N) is 2. The number of primary amides is 1. The zero-order valence-electron chi connectivity index (χ0n) is 15.2. The summed E-state index contributed by atoms with van der Waals surface area (Å²) in [7, 11) is 0. The quantitative estimate of drug-likeness (QED) is 0.279. The molecule has 1 aromatic rings. The highest BCUT2D eigenvalue weighted by molar-refractivity contribution is 14.0. The number of hydrogen-bond donors (Lipinski definition) is 2. The number of carbonyl (C=O) groups is 2. The molecule has 1 aliphatic heterocycles. The van der Waals surface area contributed by atoms with Gasteiger partial charge in [-0.3, -0.25) is 9.59 Å². The molecule has 2 heterocycles. The van der Waals surface area contributed by atoms with Crippen molar-refractivity contribution in [2.45, 2.75) is 33.2 Å². The van der Waals surface area contributed by atoms with E-state index in [1.54, 1.807) is 12.1 Å². The van der Waals surface area contributed by atoms with Gasteiger partial charge in [0, 0.05) is 19.6 Å². The maximum atomic E-state index is 11.8. The second-order valence-electron chi connectivity index (χ2n) is 5.81. The van der Waals surface area contributed by atoms with Gasteiger partial charge in [0.2, 0.25) is 0 Å². The Bertz CT molecular complexity index is 624. The number of ether oxygens (including phenoxy) is 1. The zero-order valence-corrected chi connectivity index (χ0v) is 17.5. The minimum Gasteiger partial charge on any atom is -0.466 e. The lowest BCUT2D eigenvalue weighted by molar-refractivity contribution is -0.149. The standard InChI is InChI=1S/C17H26N4O4.HI/c1-3-19-17(20-11-13-5-6-14(25-13)15(18)22)21-9-7-12(8-10-21)16(23)24-4-2;/h5-6,12H,3-4,7-11H2,1-2H3,(H2,18,22)(H,19,20);1H. The smallest absolute Gasteiger partial charge is 0.309 e. The highest BCUT2D eigenvalue weighted by atomic mass is 127. The lowest BCUT2D eigenvalue weighted by Crippen LogP contribution is -2.46. The summed E-state index contributed by atoms with van der Waals surface area (Å²) >= 11 is 0. The van der Waals surface area contributed by atoms with Gasteiger partial charge in [0.15, 0.2) is 11.7 Å². The third kappa shape index (κ3) is 6.19. The van der Waals surface area contributed by atoms with Crippen LogP contribution in [0.1, 0.15) is 43.0 Å². The van der Waals surface area contributed by atoms with Crippen molar-refractivity contribution in [3.05, 3.63) is 23.7 Å². The molecule has 8 nitrogen and oxygen atoms in total. The minimum atomic E-state index is -0.594. The second-order valence-corrected chi connectivity index (χ2v) is 5.81. The summed E-state index contributed by atoms with van der Waals surface area (Å²) in [5, 5.41) is 3.25. The van der Waals surface area contributed by atoms with Crippen molar-refractivity contribution in [1.29, 1.82) is 0 Å². The number of nitrogens with two attached hydrogens (primary N) is 1. The van der Waals surface area contributed by atoms with Gasteiger partial charge < -0.3 is 25.1 Å². The molecule has 1 saturated heterocycles. The summed E-state index contributed by atoms with van der Waals surface area (Å²) in [5.74, 6) is 0.724. The largest absolute Gasteiger partial charge is 0.466 e. The van der Waals surface area contributed by atoms with Crippen LogP contribution in [0.3, 0.4) is 0 Å². The Morgan fingerprint density at radius 2 is 2.04 bits per heavy atom. The summed E-state index contributed by atoms with van der Waals surface area (Å²) in [5.41, 5.74) is 5.18. The van der Waals surface area contributed by atoms with E-state index in [1.165, 1.54) is 0 Å². The predicted octanol–water partition coefficient (Wildman–Crippen LogP) is 1.74. The number of esters is 1. The maximum Gasteiger partial charge on any atom is 0.309 e. The number of rotatable bonds is 6. The monoisotopic (exact) mass is 478 g/mol. The van der Waals surface area contributed by atoms with E-state index in [-0.39, 0.29) is 41.6 Å². The molecular formula is C17H27IN4O4. The van der Waals surface area contributed by atoms with Gasteiger partial charge in [-0.15, -0.1) is 24.0 Å². The van der Waals surface area contributed by atoms with Gasteiger partial charge in [-0.05, 0) is 38.8 Å². The number of aliphatic imine (C=N–C) groups is 1. The van der Waals surface area contributed by atoms with Gasteiger partial charge in [0.25, 0.3) is 5.91 Å². The number of piperidine rings is 1. The van der Waals surface area contributed by atoms with Crippen LogP contribution in [0.15, 0.2) is 21.5 Å². The van der Waals surface area contributed by atoms with Gasteiger partial charge >= 0.3 is 5.97 Å². The molecule has 0 radical (unpaired) electrons. The van der Waals surface area contributed by atoms with Crippen molar-refractivity contribution in [1.82, 2.24) is 10.2 Å². The van der Waals surface area contributed by atoms with Crippen LogP contribution in [0.5, 0.6) is 0 Å². The van der Waals surface area contributed by atoms with E-state index in [0.717, 1.165) is 38.4 Å². The molecule has 0 unspecified atom stereocenters. The Kier molecular flexibility index (Phi) is 9.46. The van der Waals surface area contributed by atoms with Crippen LogP contribution in [0.25, 0.3) is 0 Å². The van der Waals surface area contributed by atoms with Crippen LogP contribution in [-0.2, 0) is 16.1 Å². The van der Waals surface area contributed by atoms with Crippen molar-refractivity contribution in [3.8, 4) is 0 Å². The molecule has 0 aromatic carbocycles. The maximum absolute atomic E-state index is 11.8. The normalized spacial score (nSPS) is 15.3. The number of likely N-dealkylation sites (tertiary alicyclic amines) is 1. The predicted molar refractivity (Wildman–Crippen MR) is 108 cm³/mol. The third-order valence-corrected chi connectivity index (χ3v) is 4.04. The molecule has 26 heavy (non-hydrogen) atoms. The van der Waals surface area contributed by atoms with E-state index in [1.807, 2.05) is 13.8 Å². The van der Waals surface area contributed by atoms with E-state index in [4.69, 9.17) is 14.9 Å². The van der Waals surface area contributed by atoms with Crippen LogP contribution in [0.4, 0.5) is 0 Å². The van der Waals surface area contributed by atoms with Gasteiger partial charge in [0.05, 0.1) is 12.5 Å². The summed E-state index contributed by atoms with van der Waals surface area (Å²) in [4.78, 5) is 29.6. The molecule has 0 bridgehead atoms. The van der Waals surface area contributed by atoms with Crippen molar-refractivity contribution in [2.75, 3.05) is 26.2 Å². The molecule has 0 saturated carbocycles. The average molecular weight is 478 g/mol. The Labute approximate surface area is 170 Å². The summed E-state index contributed by atoms with van der Waals surface area (Å²) in [6.07, 6.45) is 1.49. The summed E-state index contributed by atoms with van der Waals surface area (Å²) in [6.45, 7) is 6.76. The summed E-state index contributed by atoms with van der Waals surface area (Å²) < 4.78 is 10.4. The molecule has 0 atom stereocenters. The first kappa shape index (κ1) is 22.3. The fraction of sp³-hybridized carbons (Fsp3) is 0.588. The first-order chi connectivity index (χ1) is 12.0. The fourth-order valence-electron chi connectivity index (χ4n) is 2.76. The Morgan fingerprint density at radius 1 is 1.35 bits per heavy atom. The van der Waals surface area contributed by atoms with Crippen molar-refractivity contribution < 1.29 is 18.7 Å². The molecule has 1 aliphatic rings. The number of carbonyl (C=O) groups excluding carboxylic acids is 2. The first-order valence-electron chi connectivity index (χ1n) is 8.63. The van der Waals surface area contributed by atoms with E-state index < -0.39 is 5.91 Å². The number of furan rings is 1. The highest BCUT2D eigenvalue weighted by Crippen LogP contribution is 2.19. The number of nitrogens with one attached hydrogen (secondary N) is 1. The zero-order chi connectivity index (χ0) is 18.2. The first-order valence-corrected chi connectivity index (χ1v) is 8.63. The molecular weight excluding hydrogens is 451 g/mol. The minimum absolute atomic E-state index is 0.